The zero-order valence-electron chi connectivity index (χ0n) is 17.1. The molecule has 9 heteroatoms. The number of nitrogens with one attached hydrogen (secondary N) is 2. The number of guanidine groups is 1. The van der Waals surface area contributed by atoms with Gasteiger partial charge in [0.15, 0.2) is 5.96 Å². The van der Waals surface area contributed by atoms with Crippen LogP contribution in [0.3, 0.4) is 0 Å². The average molecular weight is 541 g/mol. The van der Waals surface area contributed by atoms with Crippen LogP contribution in [0, 0.1) is 19.7 Å². The third kappa shape index (κ3) is 7.21. The summed E-state index contributed by atoms with van der Waals surface area (Å²) < 4.78 is 18.7. The molecule has 1 aromatic carbocycles. The molecule has 0 saturated heterocycles. The summed E-state index contributed by atoms with van der Waals surface area (Å²) >= 11 is 1.69. The fourth-order valence-electron chi connectivity index (χ4n) is 2.51. The van der Waals surface area contributed by atoms with Crippen LogP contribution in [0.15, 0.2) is 47.6 Å². The van der Waals surface area contributed by atoms with Gasteiger partial charge in [-0.25, -0.2) is 19.4 Å². The first kappa shape index (κ1) is 24.0. The van der Waals surface area contributed by atoms with E-state index in [4.69, 9.17) is 4.74 Å². The second-order valence-electron chi connectivity index (χ2n) is 6.36. The summed E-state index contributed by atoms with van der Waals surface area (Å²) in [6.07, 6.45) is 1.67. The summed E-state index contributed by atoms with van der Waals surface area (Å²) in [5, 5.41) is 7.58. The number of ether oxygens (including phenoxy) is 1. The maximum atomic E-state index is 13.0. The molecule has 0 radical (unpaired) electrons. The molecule has 0 aliphatic carbocycles. The molecule has 0 atom stereocenters. The van der Waals surface area contributed by atoms with Crippen molar-refractivity contribution in [1.29, 1.82) is 0 Å². The molecule has 0 bridgehead atoms. The number of pyridine rings is 1. The fourth-order valence-corrected chi connectivity index (χ4v) is 3.39. The van der Waals surface area contributed by atoms with Crippen LogP contribution in [-0.4, -0.2) is 22.5 Å². The standard InChI is InChI=1S/C21H24FN5OS.HI/c1-4-23-21(26-13-20-27-14(2)15(3)29-20)25-12-16-9-10-24-19(11-16)28-18-7-5-17(22)6-8-18;/h5-11H,4,12-13H2,1-3H3,(H2,23,25,26);1H. The Hall–Kier alpha value is -2.27. The number of aryl methyl sites for hydroxylation is 2. The van der Waals surface area contributed by atoms with E-state index >= 15 is 0 Å². The smallest absolute Gasteiger partial charge is 0.219 e. The molecule has 2 heterocycles. The Bertz CT molecular complexity index is 958. The number of rotatable bonds is 7. The molecule has 2 aromatic heterocycles. The van der Waals surface area contributed by atoms with Gasteiger partial charge in [-0.15, -0.1) is 35.3 Å². The van der Waals surface area contributed by atoms with E-state index in [2.05, 4.69) is 32.5 Å². The first-order valence-electron chi connectivity index (χ1n) is 9.37. The van der Waals surface area contributed by atoms with Crippen molar-refractivity contribution in [2.24, 2.45) is 4.99 Å². The molecule has 30 heavy (non-hydrogen) atoms. The van der Waals surface area contributed by atoms with E-state index in [-0.39, 0.29) is 29.8 Å². The highest BCUT2D eigenvalue weighted by Crippen LogP contribution is 2.20. The number of nitrogens with zero attached hydrogens (tertiary/aromatic N) is 3. The quantitative estimate of drug-likeness (QED) is 0.252. The molecule has 0 amide bonds. The molecule has 0 aliphatic rings. The highest BCUT2D eigenvalue weighted by Gasteiger charge is 2.06. The molecule has 3 aromatic rings. The average Bonchev–Trinajstić information content (AvgIpc) is 3.04. The van der Waals surface area contributed by atoms with Gasteiger partial charge in [0, 0.05) is 23.7 Å². The highest BCUT2D eigenvalue weighted by molar-refractivity contribution is 14.0. The number of hydrogen-bond donors (Lipinski definition) is 2. The van der Waals surface area contributed by atoms with Gasteiger partial charge in [0.25, 0.3) is 0 Å². The Morgan fingerprint density at radius 1 is 1.17 bits per heavy atom. The van der Waals surface area contributed by atoms with Crippen molar-refractivity contribution >= 4 is 41.3 Å². The van der Waals surface area contributed by atoms with Crippen LogP contribution in [0.25, 0.3) is 0 Å². The molecular formula is C21H25FIN5OS. The monoisotopic (exact) mass is 541 g/mol. The predicted molar refractivity (Wildman–Crippen MR) is 129 cm³/mol. The topological polar surface area (TPSA) is 71.4 Å². The largest absolute Gasteiger partial charge is 0.439 e. The lowest BCUT2D eigenvalue weighted by molar-refractivity contribution is 0.460. The van der Waals surface area contributed by atoms with E-state index in [1.165, 1.54) is 17.0 Å². The van der Waals surface area contributed by atoms with Gasteiger partial charge in [-0.2, -0.15) is 0 Å². The van der Waals surface area contributed by atoms with Crippen molar-refractivity contribution in [3.05, 3.63) is 69.6 Å². The predicted octanol–water partition coefficient (Wildman–Crippen LogP) is 4.96. The highest BCUT2D eigenvalue weighted by atomic mass is 127. The molecule has 0 saturated carbocycles. The zero-order valence-corrected chi connectivity index (χ0v) is 20.3. The zero-order chi connectivity index (χ0) is 20.6. The van der Waals surface area contributed by atoms with E-state index in [1.54, 1.807) is 29.7 Å². The van der Waals surface area contributed by atoms with Gasteiger partial charge in [-0.3, -0.25) is 0 Å². The summed E-state index contributed by atoms with van der Waals surface area (Å²) in [6, 6.07) is 9.54. The molecule has 160 valence electrons. The molecule has 6 nitrogen and oxygen atoms in total. The van der Waals surface area contributed by atoms with Crippen LogP contribution in [0.4, 0.5) is 4.39 Å². The molecule has 0 unspecified atom stereocenters. The number of hydrogen-bond acceptors (Lipinski definition) is 5. The number of halogens is 2. The summed E-state index contributed by atoms with van der Waals surface area (Å²) in [4.78, 5) is 14.6. The first-order valence-corrected chi connectivity index (χ1v) is 10.2. The SMILES string of the molecule is CCNC(=NCc1ccnc(Oc2ccc(F)cc2)c1)NCc1nc(C)c(C)s1.I. The summed E-state index contributed by atoms with van der Waals surface area (Å²) in [6.45, 7) is 7.97. The molecular weight excluding hydrogens is 516 g/mol. The minimum Gasteiger partial charge on any atom is -0.439 e. The lowest BCUT2D eigenvalue weighted by atomic mass is 10.2. The Labute approximate surface area is 197 Å². The molecule has 0 spiro atoms. The normalized spacial score (nSPS) is 11.0. The van der Waals surface area contributed by atoms with Crippen molar-refractivity contribution in [3.63, 3.8) is 0 Å². The van der Waals surface area contributed by atoms with E-state index < -0.39 is 0 Å². The minimum absolute atomic E-state index is 0. The van der Waals surface area contributed by atoms with Gasteiger partial charge < -0.3 is 15.4 Å². The second kappa shape index (κ2) is 11.8. The summed E-state index contributed by atoms with van der Waals surface area (Å²) in [5.74, 6) is 1.38. The van der Waals surface area contributed by atoms with Gasteiger partial charge >= 0.3 is 0 Å². The third-order valence-corrected chi connectivity index (χ3v) is 5.15. The Balaban J connectivity index is 0.00000320. The number of aliphatic imine (C=N–C) groups is 1. The van der Waals surface area contributed by atoms with Crippen molar-refractivity contribution in [2.75, 3.05) is 6.54 Å². The fraction of sp³-hybridized carbons (Fsp3) is 0.286. The number of aromatic nitrogens is 2. The third-order valence-electron chi connectivity index (χ3n) is 4.08. The van der Waals surface area contributed by atoms with Crippen LogP contribution in [0.1, 0.15) is 28.1 Å². The van der Waals surface area contributed by atoms with E-state index in [1.807, 2.05) is 26.0 Å². The van der Waals surface area contributed by atoms with Gasteiger partial charge in [-0.05, 0) is 56.7 Å². The first-order chi connectivity index (χ1) is 14.0. The number of benzene rings is 1. The lowest BCUT2D eigenvalue weighted by Crippen LogP contribution is -2.36. The van der Waals surface area contributed by atoms with Crippen LogP contribution in [0.5, 0.6) is 11.6 Å². The van der Waals surface area contributed by atoms with Crippen molar-refractivity contribution in [1.82, 2.24) is 20.6 Å². The van der Waals surface area contributed by atoms with Crippen molar-refractivity contribution in [3.8, 4) is 11.6 Å². The van der Waals surface area contributed by atoms with Crippen LogP contribution < -0.4 is 15.4 Å². The Kier molecular flexibility index (Phi) is 9.44. The van der Waals surface area contributed by atoms with Gasteiger partial charge in [0.05, 0.1) is 18.8 Å². The van der Waals surface area contributed by atoms with Crippen molar-refractivity contribution in [2.45, 2.75) is 33.9 Å². The second-order valence-corrected chi connectivity index (χ2v) is 7.64. The van der Waals surface area contributed by atoms with E-state index in [0.717, 1.165) is 28.8 Å². The number of thiazole rings is 1. The van der Waals surface area contributed by atoms with E-state index in [0.29, 0.717) is 24.7 Å². The Morgan fingerprint density at radius 3 is 2.60 bits per heavy atom. The lowest BCUT2D eigenvalue weighted by Gasteiger charge is -2.10. The van der Waals surface area contributed by atoms with Crippen LogP contribution >= 0.6 is 35.3 Å². The van der Waals surface area contributed by atoms with E-state index in [9.17, 15) is 4.39 Å². The maximum Gasteiger partial charge on any atom is 0.219 e. The van der Waals surface area contributed by atoms with Crippen molar-refractivity contribution < 1.29 is 9.13 Å². The van der Waals surface area contributed by atoms with Gasteiger partial charge in [-0.1, -0.05) is 0 Å². The Morgan fingerprint density at radius 2 is 1.93 bits per heavy atom. The van der Waals surface area contributed by atoms with Gasteiger partial charge in [0.1, 0.15) is 16.6 Å². The van der Waals surface area contributed by atoms with Crippen LogP contribution in [-0.2, 0) is 13.1 Å². The minimum atomic E-state index is -0.306. The summed E-state index contributed by atoms with van der Waals surface area (Å²) in [7, 11) is 0. The molecule has 0 aliphatic heterocycles. The van der Waals surface area contributed by atoms with Gasteiger partial charge in [0.2, 0.25) is 5.88 Å². The maximum absolute atomic E-state index is 13.0. The molecule has 2 N–H and O–H groups in total. The molecule has 3 rings (SSSR count). The molecule has 0 fully saturated rings. The van der Waals surface area contributed by atoms with Crippen LogP contribution in [0.2, 0.25) is 0 Å². The summed E-state index contributed by atoms with van der Waals surface area (Å²) in [5.41, 5.74) is 2.02.